The van der Waals surface area contributed by atoms with Gasteiger partial charge < -0.3 is 14.5 Å². The van der Waals surface area contributed by atoms with Gasteiger partial charge in [-0.3, -0.25) is 0 Å². The van der Waals surface area contributed by atoms with Crippen molar-refractivity contribution < 1.29 is 9.47 Å². The maximum atomic E-state index is 5.27. The van der Waals surface area contributed by atoms with Gasteiger partial charge in [0, 0.05) is 11.1 Å². The van der Waals surface area contributed by atoms with Gasteiger partial charge in [0.15, 0.2) is 0 Å². The molecule has 0 aliphatic rings. The van der Waals surface area contributed by atoms with Crippen LogP contribution in [-0.2, 0) is 0 Å². The van der Waals surface area contributed by atoms with Crippen LogP contribution in [0, 0.1) is 0 Å². The average molecular weight is 366 g/mol. The zero-order chi connectivity index (χ0) is 18.5. The fourth-order valence-corrected chi connectivity index (χ4v) is 3.18. The molecule has 1 aromatic heterocycles. The number of benzene rings is 2. The zero-order valence-electron chi connectivity index (χ0n) is 15.4. The van der Waals surface area contributed by atoms with E-state index in [1.54, 1.807) is 26.0 Å². The van der Waals surface area contributed by atoms with Crippen LogP contribution in [0.2, 0.25) is 0 Å². The summed E-state index contributed by atoms with van der Waals surface area (Å²) in [6, 6.07) is 15.9. The Bertz CT molecular complexity index is 832. The summed E-state index contributed by atoms with van der Waals surface area (Å²) in [5, 5.41) is 2.09. The van der Waals surface area contributed by atoms with E-state index in [0.29, 0.717) is 0 Å². The molecule has 0 saturated carbocycles. The van der Waals surface area contributed by atoms with Crippen LogP contribution in [0.3, 0.4) is 0 Å². The number of hydrogen-bond acceptors (Lipinski definition) is 4. The molecule has 0 unspecified atom stereocenters. The monoisotopic (exact) mass is 366 g/mol. The third-order valence-electron chi connectivity index (χ3n) is 4.11. The number of aromatic amines is 1. The Labute approximate surface area is 158 Å². The number of nitrogens with zero attached hydrogens (tertiary/aromatic N) is 1. The van der Waals surface area contributed by atoms with Crippen molar-refractivity contribution in [3.05, 3.63) is 59.8 Å². The minimum absolute atomic E-state index is 0.828. The molecule has 0 bridgehead atoms. The van der Waals surface area contributed by atoms with E-state index in [4.69, 9.17) is 14.5 Å². The van der Waals surface area contributed by atoms with Gasteiger partial charge in [0.2, 0.25) is 0 Å². The van der Waals surface area contributed by atoms with Gasteiger partial charge in [0.1, 0.15) is 17.3 Å². The Hall–Kier alpha value is -2.66. The molecule has 0 fully saturated rings. The van der Waals surface area contributed by atoms with Crippen molar-refractivity contribution in [2.75, 3.05) is 20.5 Å². The first-order valence-corrected chi connectivity index (χ1v) is 9.54. The van der Waals surface area contributed by atoms with Crippen LogP contribution in [0.5, 0.6) is 11.5 Å². The minimum Gasteiger partial charge on any atom is -0.497 e. The molecule has 1 heterocycles. The van der Waals surface area contributed by atoms with E-state index < -0.39 is 0 Å². The maximum absolute atomic E-state index is 5.27. The number of aromatic nitrogens is 2. The van der Waals surface area contributed by atoms with Gasteiger partial charge in [0.05, 0.1) is 25.6 Å². The van der Waals surface area contributed by atoms with Crippen molar-refractivity contribution in [3.8, 4) is 34.0 Å². The maximum Gasteiger partial charge on any atom is 0.134 e. The van der Waals surface area contributed by atoms with Gasteiger partial charge in [-0.2, -0.15) is 0 Å². The minimum atomic E-state index is 0.828. The number of imidazole rings is 1. The highest BCUT2D eigenvalue weighted by molar-refractivity contribution is 8.01. The second kappa shape index (κ2) is 8.15. The molecule has 4 nitrogen and oxygen atoms in total. The van der Waals surface area contributed by atoms with E-state index in [1.807, 2.05) is 54.8 Å². The largest absolute Gasteiger partial charge is 0.497 e. The molecule has 0 atom stereocenters. The van der Waals surface area contributed by atoms with Gasteiger partial charge in [-0.25, -0.2) is 4.98 Å². The van der Waals surface area contributed by atoms with Gasteiger partial charge in [0.25, 0.3) is 0 Å². The summed E-state index contributed by atoms with van der Waals surface area (Å²) < 4.78 is 10.5. The lowest BCUT2D eigenvalue weighted by Gasteiger charge is -2.06. The molecule has 2 aromatic carbocycles. The lowest BCUT2D eigenvalue weighted by molar-refractivity contribution is 0.414. The van der Waals surface area contributed by atoms with E-state index in [0.717, 1.165) is 45.4 Å². The number of thioether (sulfide) groups is 1. The topological polar surface area (TPSA) is 47.1 Å². The number of ether oxygens (including phenoxy) is 2. The van der Waals surface area contributed by atoms with Crippen LogP contribution in [0.25, 0.3) is 28.1 Å². The van der Waals surface area contributed by atoms with Gasteiger partial charge in [-0.1, -0.05) is 0 Å². The highest BCUT2D eigenvalue weighted by Crippen LogP contribution is 2.33. The van der Waals surface area contributed by atoms with Gasteiger partial charge in [-0.05, 0) is 72.7 Å². The first-order valence-electron chi connectivity index (χ1n) is 8.25. The van der Waals surface area contributed by atoms with Crippen molar-refractivity contribution in [3.63, 3.8) is 0 Å². The lowest BCUT2D eigenvalue weighted by atomic mass is 10.0. The predicted molar refractivity (Wildman–Crippen MR) is 110 cm³/mol. The SMILES string of the molecule is COc1ccc(-c2nc(/C(C)=C/SC)[nH]c2-c2ccc(OC)cc2)cc1. The molecule has 134 valence electrons. The Morgan fingerprint density at radius 2 is 1.46 bits per heavy atom. The van der Waals surface area contributed by atoms with E-state index in [1.165, 1.54) is 0 Å². The van der Waals surface area contributed by atoms with Crippen molar-refractivity contribution >= 4 is 17.3 Å². The molecule has 0 radical (unpaired) electrons. The zero-order valence-corrected chi connectivity index (χ0v) is 16.2. The normalized spacial score (nSPS) is 11.5. The van der Waals surface area contributed by atoms with Crippen LogP contribution in [0.4, 0.5) is 0 Å². The van der Waals surface area contributed by atoms with E-state index >= 15 is 0 Å². The molecular formula is C21H22N2O2S. The average Bonchev–Trinajstić information content (AvgIpc) is 3.14. The molecule has 0 amide bonds. The highest BCUT2D eigenvalue weighted by atomic mass is 32.2. The second-order valence-corrected chi connectivity index (χ2v) is 6.51. The first kappa shape index (κ1) is 18.1. The number of rotatable bonds is 6. The fourth-order valence-electron chi connectivity index (χ4n) is 2.72. The van der Waals surface area contributed by atoms with Crippen molar-refractivity contribution in [2.24, 2.45) is 0 Å². The fraction of sp³-hybridized carbons (Fsp3) is 0.190. The molecule has 1 N–H and O–H groups in total. The van der Waals surface area contributed by atoms with Gasteiger partial charge in [-0.15, -0.1) is 11.8 Å². The summed E-state index contributed by atoms with van der Waals surface area (Å²) in [5.74, 6) is 2.53. The summed E-state index contributed by atoms with van der Waals surface area (Å²) in [6.07, 6.45) is 2.04. The van der Waals surface area contributed by atoms with Crippen molar-refractivity contribution in [1.82, 2.24) is 9.97 Å². The standard InChI is InChI=1S/C21H22N2O2S/c1-14(13-26-4)21-22-19(15-5-9-17(24-2)10-6-15)20(23-21)16-7-11-18(25-3)12-8-16/h5-13H,1-4H3,(H,22,23)/b14-13+. The third-order valence-corrected chi connectivity index (χ3v) is 4.70. The molecule has 0 aliphatic heterocycles. The quantitative estimate of drug-likeness (QED) is 0.627. The van der Waals surface area contributed by atoms with E-state index in [2.05, 4.69) is 17.3 Å². The first-order chi connectivity index (χ1) is 12.7. The Morgan fingerprint density at radius 1 is 0.923 bits per heavy atom. The molecule has 0 aliphatic carbocycles. The van der Waals surface area contributed by atoms with Crippen molar-refractivity contribution in [1.29, 1.82) is 0 Å². The number of hydrogen-bond donors (Lipinski definition) is 1. The molecule has 26 heavy (non-hydrogen) atoms. The summed E-state index contributed by atoms with van der Waals surface area (Å²) in [6.45, 7) is 2.06. The highest BCUT2D eigenvalue weighted by Gasteiger charge is 2.15. The van der Waals surface area contributed by atoms with E-state index in [-0.39, 0.29) is 0 Å². The summed E-state index contributed by atoms with van der Waals surface area (Å²) >= 11 is 1.67. The number of methoxy groups -OCH3 is 2. The molecule has 3 rings (SSSR count). The van der Waals surface area contributed by atoms with Gasteiger partial charge >= 0.3 is 0 Å². The number of nitrogens with one attached hydrogen (secondary N) is 1. The predicted octanol–water partition coefficient (Wildman–Crippen LogP) is 5.48. The van der Waals surface area contributed by atoms with Crippen LogP contribution < -0.4 is 9.47 Å². The van der Waals surface area contributed by atoms with Crippen LogP contribution in [-0.4, -0.2) is 30.4 Å². The summed E-state index contributed by atoms with van der Waals surface area (Å²) in [7, 11) is 3.34. The Kier molecular flexibility index (Phi) is 5.68. The molecule has 3 aromatic rings. The molecule has 0 saturated heterocycles. The Balaban J connectivity index is 2.11. The number of H-pyrrole nitrogens is 1. The van der Waals surface area contributed by atoms with Crippen LogP contribution in [0.15, 0.2) is 53.9 Å². The van der Waals surface area contributed by atoms with E-state index in [9.17, 15) is 0 Å². The lowest BCUT2D eigenvalue weighted by Crippen LogP contribution is -1.87. The van der Waals surface area contributed by atoms with Crippen LogP contribution in [0.1, 0.15) is 12.7 Å². The molecule has 0 spiro atoms. The molecule has 5 heteroatoms. The second-order valence-electron chi connectivity index (χ2n) is 5.80. The Morgan fingerprint density at radius 3 is 1.96 bits per heavy atom. The summed E-state index contributed by atoms with van der Waals surface area (Å²) in [5.41, 5.74) is 5.11. The van der Waals surface area contributed by atoms with Crippen molar-refractivity contribution in [2.45, 2.75) is 6.92 Å². The third kappa shape index (κ3) is 3.78. The smallest absolute Gasteiger partial charge is 0.134 e. The molecular weight excluding hydrogens is 344 g/mol. The summed E-state index contributed by atoms with van der Waals surface area (Å²) in [4.78, 5) is 8.35. The van der Waals surface area contributed by atoms with Crippen LogP contribution >= 0.6 is 11.8 Å². The number of allylic oxidation sites excluding steroid dienone is 1.